The molecule has 0 atom stereocenters. The largest absolute Gasteiger partial charge is 0.309 e. The van der Waals surface area contributed by atoms with Gasteiger partial charge in [0.2, 0.25) is 0 Å². The van der Waals surface area contributed by atoms with Crippen molar-refractivity contribution >= 4 is 206 Å². The fraction of sp³-hybridized carbons (Fsp3) is 0. The Bertz CT molecular complexity index is 10500. The van der Waals surface area contributed by atoms with Gasteiger partial charge in [0.25, 0.3) is 0 Å². The fourth-order valence-electron chi connectivity index (χ4n) is 24.0. The Labute approximate surface area is 817 Å². The van der Waals surface area contributed by atoms with Crippen molar-refractivity contribution in [1.82, 2.24) is 27.4 Å². The number of fused-ring (bicyclic) bond motifs is 28. The highest BCUT2D eigenvalue weighted by atomic mass is 15.0. The van der Waals surface area contributed by atoms with Crippen LogP contribution in [0.3, 0.4) is 0 Å². The van der Waals surface area contributed by atoms with E-state index in [0.29, 0.717) is 0 Å². The van der Waals surface area contributed by atoms with Crippen LogP contribution in [0.4, 0.5) is 0 Å². The summed E-state index contributed by atoms with van der Waals surface area (Å²) in [5.74, 6) is 0. The standard InChI is InChI=1S/C48H30N2.2C44H28N2/c1-2-14-33(15-3-1)49-46-25-9-6-18-40(46)48-42-30-31-13-10-19-36(41(31)29-32(42)27-28-47(48)49)34-20-11-22-37-35(34)21-12-26-45(37)50-43-23-7-4-16-38(43)39-17-5-8-24-44(39)50;1-2-14-31(15-3-1)45-42-24-11-7-19-36(42)44-38-28-29-13-12-20-32(37(29)27-30(38)25-26-43(44)45)33-16-4-8-21-39(33)46-40-22-9-5-17-34(40)35-18-6-10-23-41(35)46;1-2-12-32(13-3-1)46-42-20-9-6-16-37(42)44-39-28-30-11-10-17-34(38(30)27-31(39)23-26-43(44)46)29-21-24-33(25-22-29)45-40-18-7-4-14-35(40)36-15-5-8-19-41(36)45/h1-30H;2*1-28H. The van der Waals surface area contributed by atoms with Gasteiger partial charge in [-0.1, -0.05) is 352 Å². The quantitative estimate of drug-likeness (QED) is 0.129. The second-order valence-corrected chi connectivity index (χ2v) is 37.6. The first-order chi connectivity index (χ1) is 70.5. The minimum atomic E-state index is 1.17. The van der Waals surface area contributed by atoms with Crippen LogP contribution in [-0.4, -0.2) is 27.4 Å². The molecule has 0 N–H and O–H groups in total. The molecule has 0 saturated carbocycles. The molecule has 25 aromatic carbocycles. The first-order valence-electron chi connectivity index (χ1n) is 49.0. The molecule has 0 fully saturated rings. The minimum Gasteiger partial charge on any atom is -0.309 e. The van der Waals surface area contributed by atoms with Gasteiger partial charge in [-0.25, -0.2) is 0 Å². The highest BCUT2D eigenvalue weighted by Crippen LogP contribution is 2.49. The molecular formula is C136H86N6. The van der Waals surface area contributed by atoms with Crippen molar-refractivity contribution in [2.45, 2.75) is 0 Å². The Kier molecular flexibility index (Phi) is 18.3. The molecule has 0 spiro atoms. The number of benzene rings is 25. The Morgan fingerprint density at radius 3 is 0.725 bits per heavy atom. The van der Waals surface area contributed by atoms with E-state index in [4.69, 9.17) is 0 Å². The van der Waals surface area contributed by atoms with E-state index in [1.54, 1.807) is 0 Å². The van der Waals surface area contributed by atoms with Crippen molar-refractivity contribution in [3.63, 3.8) is 0 Å². The van der Waals surface area contributed by atoms with Crippen molar-refractivity contribution in [1.29, 1.82) is 0 Å². The van der Waals surface area contributed by atoms with Crippen molar-refractivity contribution in [3.8, 4) is 67.5 Å². The fourth-order valence-corrected chi connectivity index (χ4v) is 24.0. The van der Waals surface area contributed by atoms with Crippen LogP contribution < -0.4 is 0 Å². The van der Waals surface area contributed by atoms with Crippen LogP contribution >= 0.6 is 0 Å². The Balaban J connectivity index is 0.000000102. The zero-order chi connectivity index (χ0) is 93.1. The minimum absolute atomic E-state index is 1.17. The molecule has 0 unspecified atom stereocenters. The van der Waals surface area contributed by atoms with E-state index in [1.165, 1.54) is 274 Å². The molecule has 0 aliphatic rings. The van der Waals surface area contributed by atoms with Gasteiger partial charge < -0.3 is 27.4 Å². The van der Waals surface area contributed by atoms with Gasteiger partial charge in [-0.2, -0.15) is 0 Å². The smallest absolute Gasteiger partial charge is 0.0547 e. The molecule has 0 aliphatic carbocycles. The van der Waals surface area contributed by atoms with E-state index < -0.39 is 0 Å². The third-order valence-corrected chi connectivity index (χ3v) is 30.0. The summed E-state index contributed by atoms with van der Waals surface area (Å²) in [6.45, 7) is 0. The van der Waals surface area contributed by atoms with Gasteiger partial charge in [0.15, 0.2) is 0 Å². The predicted molar refractivity (Wildman–Crippen MR) is 604 cm³/mol. The topological polar surface area (TPSA) is 29.6 Å². The SMILES string of the molecule is c1ccc(-n2c3ccccc3c3c4cc5cccc(-c6ccc(-n7c8ccccc8c8ccccc87)cc6)c5cc4ccc32)cc1.c1ccc(-n2c3ccccc3c3c4cc5cccc(-c6cccc7c(-n8c9ccccc9c9ccccc98)cccc67)c5cc4ccc32)cc1.c1ccc(-n2c3ccccc3c3c4cc5cccc(-c6ccccc6-n6c7ccccc7c7ccccc76)c5cc4ccc32)cc1. The van der Waals surface area contributed by atoms with E-state index in [0.717, 1.165) is 0 Å². The van der Waals surface area contributed by atoms with Gasteiger partial charge in [0, 0.05) is 98.3 Å². The number of hydrogen-bond acceptors (Lipinski definition) is 0. The lowest BCUT2D eigenvalue weighted by Crippen LogP contribution is -1.97. The molecule has 0 aliphatic heterocycles. The molecule has 6 heteroatoms. The molecule has 142 heavy (non-hydrogen) atoms. The van der Waals surface area contributed by atoms with Crippen molar-refractivity contribution < 1.29 is 0 Å². The van der Waals surface area contributed by atoms with E-state index >= 15 is 0 Å². The number of hydrogen-bond donors (Lipinski definition) is 0. The summed E-state index contributed by atoms with van der Waals surface area (Å²) in [6.07, 6.45) is 0. The third kappa shape index (κ3) is 12.5. The van der Waals surface area contributed by atoms with Crippen LogP contribution in [0, 0.1) is 0 Å². The average molecular weight is 1800 g/mol. The molecule has 660 valence electrons. The van der Waals surface area contributed by atoms with Gasteiger partial charge >= 0.3 is 0 Å². The van der Waals surface area contributed by atoms with Crippen LogP contribution in [0.2, 0.25) is 0 Å². The monoisotopic (exact) mass is 1800 g/mol. The van der Waals surface area contributed by atoms with Crippen molar-refractivity contribution in [2.75, 3.05) is 0 Å². The second-order valence-electron chi connectivity index (χ2n) is 37.6. The predicted octanol–water partition coefficient (Wildman–Crippen LogP) is 36.7. The summed E-state index contributed by atoms with van der Waals surface area (Å²) in [5, 5.41) is 33.0. The molecular weight excluding hydrogens is 1720 g/mol. The molecule has 31 rings (SSSR count). The Hall–Kier alpha value is -18.9. The summed E-state index contributed by atoms with van der Waals surface area (Å²) in [7, 11) is 0. The molecule has 6 nitrogen and oxygen atoms in total. The lowest BCUT2D eigenvalue weighted by Gasteiger charge is -2.16. The molecule has 0 saturated heterocycles. The lowest BCUT2D eigenvalue weighted by atomic mass is 9.91. The van der Waals surface area contributed by atoms with Crippen molar-refractivity contribution in [3.05, 3.63) is 522 Å². The first kappa shape index (κ1) is 80.4. The van der Waals surface area contributed by atoms with E-state index in [2.05, 4.69) is 549 Å². The molecule has 31 aromatic rings. The van der Waals surface area contributed by atoms with Crippen LogP contribution in [0.5, 0.6) is 0 Å². The number of nitrogens with zero attached hydrogens (tertiary/aromatic N) is 6. The molecule has 0 bridgehead atoms. The number of para-hydroxylation sites is 13. The Morgan fingerprint density at radius 2 is 0.338 bits per heavy atom. The molecule has 6 heterocycles. The average Bonchev–Trinajstić information content (AvgIpc) is 1.53. The van der Waals surface area contributed by atoms with Gasteiger partial charge in [-0.05, 0) is 268 Å². The third-order valence-electron chi connectivity index (χ3n) is 30.0. The zero-order valence-electron chi connectivity index (χ0n) is 77.3. The second kappa shape index (κ2) is 32.4. The maximum absolute atomic E-state index is 2.44. The van der Waals surface area contributed by atoms with Crippen LogP contribution in [0.25, 0.3) is 274 Å². The summed E-state index contributed by atoms with van der Waals surface area (Å²) in [6, 6.07) is 191. The van der Waals surface area contributed by atoms with Crippen molar-refractivity contribution in [2.24, 2.45) is 0 Å². The highest BCUT2D eigenvalue weighted by molar-refractivity contribution is 6.28. The molecule has 0 amide bonds. The van der Waals surface area contributed by atoms with Gasteiger partial charge in [-0.3, -0.25) is 0 Å². The molecule has 6 aromatic heterocycles. The van der Waals surface area contributed by atoms with Gasteiger partial charge in [0.1, 0.15) is 0 Å². The summed E-state index contributed by atoms with van der Waals surface area (Å²) in [5.41, 5.74) is 29.3. The highest BCUT2D eigenvalue weighted by Gasteiger charge is 2.25. The van der Waals surface area contributed by atoms with Gasteiger partial charge in [-0.15, -0.1) is 0 Å². The number of aromatic nitrogens is 6. The normalized spacial score (nSPS) is 11.9. The van der Waals surface area contributed by atoms with E-state index in [1.807, 2.05) is 0 Å². The maximum Gasteiger partial charge on any atom is 0.0547 e. The van der Waals surface area contributed by atoms with E-state index in [-0.39, 0.29) is 0 Å². The zero-order valence-corrected chi connectivity index (χ0v) is 77.3. The summed E-state index contributed by atoms with van der Waals surface area (Å²) < 4.78 is 14.4. The van der Waals surface area contributed by atoms with Gasteiger partial charge in [0.05, 0.1) is 77.6 Å². The maximum atomic E-state index is 2.44. The van der Waals surface area contributed by atoms with E-state index in [9.17, 15) is 0 Å². The first-order valence-corrected chi connectivity index (χ1v) is 49.0. The van der Waals surface area contributed by atoms with Crippen LogP contribution in [-0.2, 0) is 0 Å². The summed E-state index contributed by atoms with van der Waals surface area (Å²) >= 11 is 0. The lowest BCUT2D eigenvalue weighted by molar-refractivity contribution is 1.18. The summed E-state index contributed by atoms with van der Waals surface area (Å²) in [4.78, 5) is 0. The number of rotatable bonds is 9. The van der Waals surface area contributed by atoms with Crippen LogP contribution in [0.15, 0.2) is 522 Å². The molecule has 0 radical (unpaired) electrons. The Morgan fingerprint density at radius 1 is 0.106 bits per heavy atom. The van der Waals surface area contributed by atoms with Crippen LogP contribution in [0.1, 0.15) is 0 Å².